The molecule has 0 aliphatic carbocycles. The number of nitrogens with zero attached hydrogens (tertiary/aromatic N) is 1. The van der Waals surface area contributed by atoms with Crippen LogP contribution in [0.5, 0.6) is 0 Å². The lowest BCUT2D eigenvalue weighted by Gasteiger charge is -2.38. The largest absolute Gasteiger partial charge is 0.310 e. The summed E-state index contributed by atoms with van der Waals surface area (Å²) in [6.45, 7) is 4.50. The first kappa shape index (κ1) is 9.47. The van der Waals surface area contributed by atoms with Crippen LogP contribution in [-0.4, -0.2) is 36.1 Å². The molecule has 3 atom stereocenters. The van der Waals surface area contributed by atoms with Crippen molar-refractivity contribution in [2.45, 2.75) is 63.7 Å². The molecule has 2 heteroatoms. The highest BCUT2D eigenvalue weighted by Gasteiger charge is 2.39. The molecule has 2 saturated heterocycles. The van der Waals surface area contributed by atoms with Gasteiger partial charge in [-0.15, -0.1) is 0 Å². The maximum absolute atomic E-state index is 3.70. The summed E-state index contributed by atoms with van der Waals surface area (Å²) in [6.07, 6.45) is 5.62. The van der Waals surface area contributed by atoms with Crippen LogP contribution in [0.2, 0.25) is 0 Å². The number of fused-ring (bicyclic) bond motifs is 2. The van der Waals surface area contributed by atoms with E-state index in [1.165, 1.54) is 25.7 Å². The van der Waals surface area contributed by atoms with E-state index in [2.05, 4.69) is 31.1 Å². The van der Waals surface area contributed by atoms with Crippen molar-refractivity contribution in [3.8, 4) is 0 Å². The fourth-order valence-electron chi connectivity index (χ4n) is 3.06. The Kier molecular flexibility index (Phi) is 2.61. The quantitative estimate of drug-likeness (QED) is 0.698. The summed E-state index contributed by atoms with van der Waals surface area (Å²) < 4.78 is 0. The van der Waals surface area contributed by atoms with Gasteiger partial charge in [-0.1, -0.05) is 13.8 Å². The third kappa shape index (κ3) is 1.75. The van der Waals surface area contributed by atoms with E-state index in [9.17, 15) is 0 Å². The summed E-state index contributed by atoms with van der Waals surface area (Å²) in [5, 5.41) is 3.70. The van der Waals surface area contributed by atoms with Crippen LogP contribution in [0.25, 0.3) is 0 Å². The summed E-state index contributed by atoms with van der Waals surface area (Å²) in [5.41, 5.74) is 0. The van der Waals surface area contributed by atoms with E-state index < -0.39 is 0 Å². The van der Waals surface area contributed by atoms with E-state index in [1.807, 2.05) is 0 Å². The zero-order valence-corrected chi connectivity index (χ0v) is 9.09. The summed E-state index contributed by atoms with van der Waals surface area (Å²) >= 11 is 0. The van der Waals surface area contributed by atoms with E-state index in [0.29, 0.717) is 6.04 Å². The molecule has 2 bridgehead atoms. The van der Waals surface area contributed by atoms with Crippen LogP contribution < -0.4 is 5.32 Å². The van der Waals surface area contributed by atoms with Crippen LogP contribution in [0.1, 0.15) is 39.5 Å². The van der Waals surface area contributed by atoms with Gasteiger partial charge < -0.3 is 5.32 Å². The third-order valence-corrected chi connectivity index (χ3v) is 3.72. The van der Waals surface area contributed by atoms with Gasteiger partial charge in [-0.3, -0.25) is 4.90 Å². The number of hydrogen-bond acceptors (Lipinski definition) is 2. The van der Waals surface area contributed by atoms with Crippen molar-refractivity contribution in [2.24, 2.45) is 0 Å². The van der Waals surface area contributed by atoms with E-state index in [4.69, 9.17) is 0 Å². The molecule has 0 aromatic carbocycles. The van der Waals surface area contributed by atoms with Crippen LogP contribution in [0, 0.1) is 0 Å². The molecule has 0 amide bonds. The normalized spacial score (nSPS) is 40.2. The van der Waals surface area contributed by atoms with Gasteiger partial charge in [0.15, 0.2) is 0 Å². The zero-order valence-electron chi connectivity index (χ0n) is 9.09. The molecule has 2 aliphatic heterocycles. The van der Waals surface area contributed by atoms with Gasteiger partial charge >= 0.3 is 0 Å². The minimum atomic E-state index is 0.635. The molecular formula is C11H22N2. The van der Waals surface area contributed by atoms with Crippen LogP contribution in [0.3, 0.4) is 0 Å². The molecule has 2 heterocycles. The highest BCUT2D eigenvalue weighted by Crippen LogP contribution is 2.34. The summed E-state index contributed by atoms with van der Waals surface area (Å²) in [7, 11) is 2.30. The number of hydrogen-bond donors (Lipinski definition) is 1. The van der Waals surface area contributed by atoms with Gasteiger partial charge in [0.1, 0.15) is 0 Å². The van der Waals surface area contributed by atoms with Crippen molar-refractivity contribution in [3.05, 3.63) is 0 Å². The van der Waals surface area contributed by atoms with Crippen LogP contribution >= 0.6 is 0 Å². The maximum Gasteiger partial charge on any atom is 0.0249 e. The fraction of sp³-hybridized carbons (Fsp3) is 1.00. The van der Waals surface area contributed by atoms with E-state index in [1.54, 1.807) is 0 Å². The molecule has 0 aromatic heterocycles. The number of rotatable bonds is 2. The first-order valence-electron chi connectivity index (χ1n) is 5.66. The van der Waals surface area contributed by atoms with Crippen LogP contribution in [-0.2, 0) is 0 Å². The minimum absolute atomic E-state index is 0.635. The molecule has 0 saturated carbocycles. The Morgan fingerprint density at radius 3 is 2.54 bits per heavy atom. The molecule has 1 N–H and O–H groups in total. The number of piperidine rings is 1. The topological polar surface area (TPSA) is 15.3 Å². The molecule has 2 nitrogen and oxygen atoms in total. The predicted molar refractivity (Wildman–Crippen MR) is 55.9 cm³/mol. The van der Waals surface area contributed by atoms with Crippen LogP contribution in [0.4, 0.5) is 0 Å². The van der Waals surface area contributed by atoms with Gasteiger partial charge in [0.05, 0.1) is 0 Å². The monoisotopic (exact) mass is 182 g/mol. The van der Waals surface area contributed by atoms with Gasteiger partial charge in [-0.05, 0) is 32.7 Å². The molecule has 76 valence electrons. The van der Waals surface area contributed by atoms with Crippen molar-refractivity contribution < 1.29 is 0 Å². The molecule has 0 spiro atoms. The second-order valence-electron chi connectivity index (χ2n) is 4.97. The molecular weight excluding hydrogens is 160 g/mol. The van der Waals surface area contributed by atoms with E-state index in [-0.39, 0.29) is 0 Å². The van der Waals surface area contributed by atoms with Gasteiger partial charge in [0.2, 0.25) is 0 Å². The summed E-state index contributed by atoms with van der Waals surface area (Å²) in [6, 6.07) is 3.11. The molecule has 2 rings (SSSR count). The smallest absolute Gasteiger partial charge is 0.0249 e. The fourth-order valence-corrected chi connectivity index (χ4v) is 3.06. The molecule has 2 fully saturated rings. The van der Waals surface area contributed by atoms with Crippen molar-refractivity contribution in [1.29, 1.82) is 0 Å². The summed E-state index contributed by atoms with van der Waals surface area (Å²) in [5.74, 6) is 0. The lowest BCUT2D eigenvalue weighted by atomic mass is 9.97. The van der Waals surface area contributed by atoms with Gasteiger partial charge in [0, 0.05) is 24.2 Å². The van der Waals surface area contributed by atoms with Crippen molar-refractivity contribution in [2.75, 3.05) is 7.05 Å². The lowest BCUT2D eigenvalue weighted by molar-refractivity contribution is 0.135. The van der Waals surface area contributed by atoms with Gasteiger partial charge in [-0.25, -0.2) is 0 Å². The second kappa shape index (κ2) is 3.58. The highest BCUT2D eigenvalue weighted by atomic mass is 15.2. The SMILES string of the molecule is CC(C)NC1CCC2CC[C@H]1N2C. The summed E-state index contributed by atoms with van der Waals surface area (Å²) in [4.78, 5) is 2.60. The van der Waals surface area contributed by atoms with Crippen molar-refractivity contribution in [1.82, 2.24) is 10.2 Å². The Morgan fingerprint density at radius 2 is 1.85 bits per heavy atom. The van der Waals surface area contributed by atoms with E-state index >= 15 is 0 Å². The standard InChI is InChI=1S/C11H22N2/c1-8(2)12-10-6-4-9-5-7-11(10)13(9)3/h8-12H,4-7H2,1-3H3/t9?,10?,11-/m1/s1. The van der Waals surface area contributed by atoms with Gasteiger partial charge in [0.25, 0.3) is 0 Å². The molecule has 0 aromatic rings. The average molecular weight is 182 g/mol. The zero-order chi connectivity index (χ0) is 9.42. The minimum Gasteiger partial charge on any atom is -0.310 e. The van der Waals surface area contributed by atoms with Crippen molar-refractivity contribution >= 4 is 0 Å². The predicted octanol–water partition coefficient (Wildman–Crippen LogP) is 1.61. The molecule has 2 unspecified atom stereocenters. The van der Waals surface area contributed by atoms with Crippen molar-refractivity contribution in [3.63, 3.8) is 0 Å². The Hall–Kier alpha value is -0.0800. The van der Waals surface area contributed by atoms with Gasteiger partial charge in [-0.2, -0.15) is 0 Å². The Balaban J connectivity index is 1.98. The highest BCUT2D eigenvalue weighted by molar-refractivity contribution is 4.98. The number of nitrogens with one attached hydrogen (secondary N) is 1. The molecule has 0 radical (unpaired) electrons. The maximum atomic E-state index is 3.70. The Bertz CT molecular complexity index is 179. The second-order valence-corrected chi connectivity index (χ2v) is 4.97. The third-order valence-electron chi connectivity index (χ3n) is 3.72. The van der Waals surface area contributed by atoms with E-state index in [0.717, 1.165) is 18.1 Å². The first-order valence-corrected chi connectivity index (χ1v) is 5.66. The van der Waals surface area contributed by atoms with Crippen LogP contribution in [0.15, 0.2) is 0 Å². The average Bonchev–Trinajstić information content (AvgIpc) is 2.31. The molecule has 2 aliphatic rings. The first-order chi connectivity index (χ1) is 6.18. The lowest BCUT2D eigenvalue weighted by Crippen LogP contribution is -2.52. The number of likely N-dealkylation sites (N-methyl/N-ethyl adjacent to an activating group) is 1. The molecule has 13 heavy (non-hydrogen) atoms. The Morgan fingerprint density at radius 1 is 1.15 bits per heavy atom. The Labute approximate surface area is 81.7 Å².